The fourth-order valence-corrected chi connectivity index (χ4v) is 6.36. The Hall–Kier alpha value is -4.37. The standard InChI is InChI=1S/C28H27N7O2/c1-14-6-5-9-16(12-14)31-28-33-26-17(10-11-30-26)27(34-28)32-23-19-13-18(21(23)25(29)36)20-22(35-37-24(19)20)15-7-3-2-4-8-15/h2-12,18-19,21,23-24,35H,13H2,1H3,(H2,29,36)(H3,30,31,32,33,34). The number of aryl methyl sites for hydroxylation is 1. The van der Waals surface area contributed by atoms with Crippen LogP contribution in [0.5, 0.6) is 0 Å². The molecule has 37 heavy (non-hydrogen) atoms. The third-order valence-electron chi connectivity index (χ3n) is 7.86. The molecule has 5 unspecified atom stereocenters. The number of hydrogen-bond acceptors (Lipinski definition) is 7. The highest BCUT2D eigenvalue weighted by Gasteiger charge is 2.61. The van der Waals surface area contributed by atoms with Gasteiger partial charge in [-0.2, -0.15) is 9.97 Å². The van der Waals surface area contributed by atoms with Crippen LogP contribution in [0.15, 0.2) is 72.4 Å². The minimum atomic E-state index is -0.379. The lowest BCUT2D eigenvalue weighted by atomic mass is 9.78. The molecule has 3 heterocycles. The summed E-state index contributed by atoms with van der Waals surface area (Å²) in [5, 5.41) is 7.75. The number of carbonyl (C=O) groups excluding carboxylic acids is 1. The first-order valence-corrected chi connectivity index (χ1v) is 12.5. The van der Waals surface area contributed by atoms with Crippen molar-refractivity contribution in [3.8, 4) is 0 Å². The van der Waals surface area contributed by atoms with Crippen LogP contribution in [-0.4, -0.2) is 33.0 Å². The summed E-state index contributed by atoms with van der Waals surface area (Å²) in [6, 6.07) is 19.9. The number of carbonyl (C=O) groups is 1. The number of nitrogens with two attached hydrogens (primary N) is 1. The average Bonchev–Trinajstić information content (AvgIpc) is 3.66. The van der Waals surface area contributed by atoms with Crippen LogP contribution in [0.3, 0.4) is 0 Å². The molecule has 0 spiro atoms. The van der Waals surface area contributed by atoms with Gasteiger partial charge in [0.2, 0.25) is 11.9 Å². The lowest BCUT2D eigenvalue weighted by Gasteiger charge is -2.34. The highest BCUT2D eigenvalue weighted by Crippen LogP contribution is 2.57. The highest BCUT2D eigenvalue weighted by atomic mass is 16.7. The Balaban J connectivity index is 1.24. The van der Waals surface area contributed by atoms with Crippen LogP contribution < -0.4 is 21.8 Å². The third-order valence-corrected chi connectivity index (χ3v) is 7.86. The van der Waals surface area contributed by atoms with Crippen LogP contribution >= 0.6 is 0 Å². The van der Waals surface area contributed by atoms with Gasteiger partial charge in [-0.25, -0.2) is 0 Å². The van der Waals surface area contributed by atoms with Crippen molar-refractivity contribution in [2.24, 2.45) is 23.5 Å². The Bertz CT molecular complexity index is 1550. The van der Waals surface area contributed by atoms with E-state index in [1.807, 2.05) is 73.8 Å². The van der Waals surface area contributed by atoms with E-state index < -0.39 is 0 Å². The minimum absolute atomic E-state index is 0.00338. The minimum Gasteiger partial charge on any atom is -0.369 e. The molecule has 1 amide bonds. The number of aromatic nitrogens is 3. The summed E-state index contributed by atoms with van der Waals surface area (Å²) in [6.07, 6.45) is 2.55. The number of hydrogen-bond donors (Lipinski definition) is 5. The molecular formula is C28H27N7O2. The molecule has 2 aromatic carbocycles. The van der Waals surface area contributed by atoms with Gasteiger partial charge in [0.25, 0.3) is 0 Å². The molecular weight excluding hydrogens is 466 g/mol. The van der Waals surface area contributed by atoms with E-state index in [0.29, 0.717) is 17.4 Å². The number of fused-ring (bicyclic) bond motifs is 6. The number of nitrogens with one attached hydrogen (secondary N) is 4. The highest BCUT2D eigenvalue weighted by molar-refractivity contribution is 5.89. The molecule has 3 aliphatic rings. The van der Waals surface area contributed by atoms with Gasteiger partial charge in [0, 0.05) is 23.8 Å². The van der Waals surface area contributed by atoms with Crippen molar-refractivity contribution >= 4 is 40.1 Å². The second-order valence-corrected chi connectivity index (χ2v) is 10.1. The zero-order valence-corrected chi connectivity index (χ0v) is 20.2. The summed E-state index contributed by atoms with van der Waals surface area (Å²) in [7, 11) is 0. The Labute approximate surface area is 213 Å². The van der Waals surface area contributed by atoms with Crippen LogP contribution in [-0.2, 0) is 9.63 Å². The SMILES string of the molecule is Cc1cccc(Nc2nc(NC3C4CC(C5=C(c6ccccc6)NOC54)C3C(N)=O)c3cc[nH]c3n2)c1. The van der Waals surface area contributed by atoms with Gasteiger partial charge < -0.3 is 21.4 Å². The molecule has 6 N–H and O–H groups in total. The summed E-state index contributed by atoms with van der Waals surface area (Å²) in [5.41, 5.74) is 15.1. The first-order valence-electron chi connectivity index (χ1n) is 12.5. The summed E-state index contributed by atoms with van der Waals surface area (Å²) in [6.45, 7) is 2.04. The molecule has 2 fully saturated rings. The van der Waals surface area contributed by atoms with E-state index in [4.69, 9.17) is 15.6 Å². The molecule has 2 aliphatic carbocycles. The quantitative estimate of drug-likeness (QED) is 0.276. The third kappa shape index (κ3) is 3.54. The zero-order chi connectivity index (χ0) is 25.1. The monoisotopic (exact) mass is 493 g/mol. The number of hydroxylamine groups is 1. The lowest BCUT2D eigenvalue weighted by molar-refractivity contribution is -0.123. The van der Waals surface area contributed by atoms with Crippen LogP contribution in [0.1, 0.15) is 17.5 Å². The number of benzene rings is 2. The maximum absolute atomic E-state index is 12.8. The molecule has 9 nitrogen and oxygen atoms in total. The van der Waals surface area contributed by atoms with E-state index >= 15 is 0 Å². The summed E-state index contributed by atoms with van der Waals surface area (Å²) < 4.78 is 0. The normalized spacial score (nSPS) is 25.8. The molecule has 9 heteroatoms. The molecule has 2 bridgehead atoms. The summed E-state index contributed by atoms with van der Waals surface area (Å²) >= 11 is 0. The van der Waals surface area contributed by atoms with E-state index in [1.54, 1.807) is 0 Å². The molecule has 5 atom stereocenters. The van der Waals surface area contributed by atoms with Gasteiger partial charge in [0.15, 0.2) is 0 Å². The Kier molecular flexibility index (Phi) is 4.93. The maximum atomic E-state index is 12.8. The first-order chi connectivity index (χ1) is 18.1. The number of rotatable bonds is 6. The van der Waals surface area contributed by atoms with E-state index in [0.717, 1.165) is 39.9 Å². The molecule has 2 aromatic heterocycles. The smallest absolute Gasteiger partial charge is 0.231 e. The maximum Gasteiger partial charge on any atom is 0.231 e. The van der Waals surface area contributed by atoms with Gasteiger partial charge in [-0.15, -0.1) is 0 Å². The Morgan fingerprint density at radius 2 is 1.97 bits per heavy atom. The second kappa shape index (κ2) is 8.35. The number of aromatic amines is 1. The van der Waals surface area contributed by atoms with Gasteiger partial charge in [-0.1, -0.05) is 42.5 Å². The van der Waals surface area contributed by atoms with E-state index in [-0.39, 0.29) is 35.8 Å². The van der Waals surface area contributed by atoms with E-state index in [1.165, 1.54) is 0 Å². The van der Waals surface area contributed by atoms with Crippen molar-refractivity contribution < 1.29 is 9.63 Å². The van der Waals surface area contributed by atoms with Gasteiger partial charge in [-0.3, -0.25) is 15.1 Å². The molecule has 7 rings (SSSR count). The molecule has 1 aliphatic heterocycles. The van der Waals surface area contributed by atoms with Gasteiger partial charge in [-0.05, 0) is 54.2 Å². The predicted molar refractivity (Wildman–Crippen MR) is 141 cm³/mol. The topological polar surface area (TPSA) is 130 Å². The van der Waals surface area contributed by atoms with Crippen LogP contribution in [0.4, 0.5) is 17.5 Å². The molecule has 2 saturated carbocycles. The molecule has 0 saturated heterocycles. The number of primary amides is 1. The van der Waals surface area contributed by atoms with Crippen molar-refractivity contribution in [1.82, 2.24) is 20.4 Å². The number of H-pyrrole nitrogens is 1. The van der Waals surface area contributed by atoms with E-state index in [9.17, 15) is 4.79 Å². The summed E-state index contributed by atoms with van der Waals surface area (Å²) in [5.74, 6) is 0.507. The van der Waals surface area contributed by atoms with Crippen molar-refractivity contribution in [3.05, 3.63) is 83.6 Å². The van der Waals surface area contributed by atoms with Crippen LogP contribution in [0, 0.1) is 24.7 Å². The van der Waals surface area contributed by atoms with Gasteiger partial charge >= 0.3 is 0 Å². The number of nitrogens with zero attached hydrogens (tertiary/aromatic N) is 2. The second-order valence-electron chi connectivity index (χ2n) is 10.1. The van der Waals surface area contributed by atoms with Gasteiger partial charge in [0.1, 0.15) is 17.6 Å². The molecule has 186 valence electrons. The fourth-order valence-electron chi connectivity index (χ4n) is 6.36. The van der Waals surface area contributed by atoms with Crippen LogP contribution in [0.2, 0.25) is 0 Å². The predicted octanol–water partition coefficient (Wildman–Crippen LogP) is 3.86. The largest absolute Gasteiger partial charge is 0.369 e. The van der Waals surface area contributed by atoms with Crippen molar-refractivity contribution in [2.75, 3.05) is 10.6 Å². The van der Waals surface area contributed by atoms with Crippen molar-refractivity contribution in [2.45, 2.75) is 25.5 Å². The molecule has 0 radical (unpaired) electrons. The van der Waals surface area contributed by atoms with E-state index in [2.05, 4.69) is 26.1 Å². The number of anilines is 3. The fraction of sp³-hybridized carbons (Fsp3) is 0.250. The lowest BCUT2D eigenvalue weighted by Crippen LogP contribution is -2.47. The first kappa shape index (κ1) is 21.9. The van der Waals surface area contributed by atoms with Crippen molar-refractivity contribution in [3.63, 3.8) is 0 Å². The summed E-state index contributed by atoms with van der Waals surface area (Å²) in [4.78, 5) is 31.6. The molecule has 4 aromatic rings. The van der Waals surface area contributed by atoms with Crippen LogP contribution in [0.25, 0.3) is 16.7 Å². The Morgan fingerprint density at radius 3 is 2.78 bits per heavy atom. The number of amides is 1. The zero-order valence-electron chi connectivity index (χ0n) is 20.2. The van der Waals surface area contributed by atoms with Gasteiger partial charge in [0.05, 0.1) is 17.0 Å². The Morgan fingerprint density at radius 1 is 1.11 bits per heavy atom. The average molecular weight is 494 g/mol. The van der Waals surface area contributed by atoms with Crippen molar-refractivity contribution in [1.29, 1.82) is 0 Å².